The average molecular weight is 236 g/mol. The van der Waals surface area contributed by atoms with Crippen LogP contribution >= 0.6 is 0 Å². The topological polar surface area (TPSA) is 26.7 Å². The van der Waals surface area contributed by atoms with E-state index < -0.39 is 0 Å². The normalized spacial score (nSPS) is 19.8. The summed E-state index contributed by atoms with van der Waals surface area (Å²) in [4.78, 5) is 4.73. The summed E-state index contributed by atoms with van der Waals surface area (Å²) in [6.07, 6.45) is 9.45. The molecule has 0 aromatic carbocycles. The quantitative estimate of drug-likeness (QED) is 0.527. The van der Waals surface area contributed by atoms with E-state index in [4.69, 9.17) is 6.42 Å². The summed E-state index contributed by atoms with van der Waals surface area (Å²) in [7, 11) is 0. The van der Waals surface area contributed by atoms with Gasteiger partial charge in [-0.05, 0) is 12.8 Å². The van der Waals surface area contributed by atoms with E-state index >= 15 is 0 Å². The molecular formula is C14H24N2O. The van der Waals surface area contributed by atoms with Crippen LogP contribution in [-0.4, -0.2) is 60.3 Å². The van der Waals surface area contributed by atoms with Crippen molar-refractivity contribution in [1.29, 1.82) is 0 Å². The molecule has 1 N–H and O–H groups in total. The number of β-amino-alcohol motifs (C(OH)–C–C–N with tert-alkyl or cyclic N) is 1. The molecule has 1 aliphatic heterocycles. The fraction of sp³-hybridized carbons (Fsp3) is 0.714. The maximum Gasteiger partial charge on any atom is 0.0670 e. The summed E-state index contributed by atoms with van der Waals surface area (Å²) in [6.45, 7) is 9.67. The largest absolute Gasteiger partial charge is 0.392 e. The number of allylic oxidation sites excluding steroid dienone is 1. The van der Waals surface area contributed by atoms with E-state index in [0.29, 0.717) is 0 Å². The minimum atomic E-state index is -0.217. The van der Waals surface area contributed by atoms with Crippen molar-refractivity contribution >= 4 is 0 Å². The molecule has 1 atom stereocenters. The molecule has 1 fully saturated rings. The number of nitrogens with zero attached hydrogens (tertiary/aromatic N) is 2. The zero-order chi connectivity index (χ0) is 12.5. The van der Waals surface area contributed by atoms with Crippen LogP contribution in [0.1, 0.15) is 19.3 Å². The lowest BCUT2D eigenvalue weighted by atomic mass is 10.1. The molecule has 0 aliphatic carbocycles. The number of hydrogen-bond acceptors (Lipinski definition) is 3. The van der Waals surface area contributed by atoms with E-state index in [1.807, 2.05) is 6.08 Å². The minimum Gasteiger partial charge on any atom is -0.392 e. The summed E-state index contributed by atoms with van der Waals surface area (Å²) < 4.78 is 0. The highest BCUT2D eigenvalue weighted by molar-refractivity contribution is 4.86. The number of terminal acetylenes is 1. The van der Waals surface area contributed by atoms with E-state index in [1.54, 1.807) is 0 Å². The average Bonchev–Trinajstić information content (AvgIpc) is 2.35. The lowest BCUT2D eigenvalue weighted by Crippen LogP contribution is -2.48. The highest BCUT2D eigenvalue weighted by atomic mass is 16.3. The van der Waals surface area contributed by atoms with Crippen molar-refractivity contribution in [1.82, 2.24) is 9.80 Å². The van der Waals surface area contributed by atoms with Gasteiger partial charge in [-0.3, -0.25) is 9.80 Å². The Kier molecular flexibility index (Phi) is 6.95. The highest BCUT2D eigenvalue weighted by Crippen LogP contribution is 2.06. The van der Waals surface area contributed by atoms with Crippen molar-refractivity contribution in [3.8, 4) is 12.3 Å². The molecule has 0 bridgehead atoms. The van der Waals surface area contributed by atoms with Gasteiger partial charge in [-0.25, -0.2) is 0 Å². The monoisotopic (exact) mass is 236 g/mol. The molecule has 0 aromatic heterocycles. The second-order valence-electron chi connectivity index (χ2n) is 4.62. The number of aliphatic hydroxyl groups is 1. The molecule has 1 saturated heterocycles. The second-order valence-corrected chi connectivity index (χ2v) is 4.62. The van der Waals surface area contributed by atoms with Crippen LogP contribution in [0.2, 0.25) is 0 Å². The number of hydrogen-bond donors (Lipinski definition) is 1. The van der Waals surface area contributed by atoms with Gasteiger partial charge in [0, 0.05) is 45.7 Å². The lowest BCUT2D eigenvalue weighted by Gasteiger charge is -2.35. The van der Waals surface area contributed by atoms with Crippen LogP contribution in [0.25, 0.3) is 0 Å². The van der Waals surface area contributed by atoms with Crippen molar-refractivity contribution < 1.29 is 5.11 Å². The van der Waals surface area contributed by atoms with Crippen molar-refractivity contribution in [2.24, 2.45) is 0 Å². The Bertz CT molecular complexity index is 251. The van der Waals surface area contributed by atoms with Crippen LogP contribution in [0, 0.1) is 12.3 Å². The van der Waals surface area contributed by atoms with Gasteiger partial charge in [-0.1, -0.05) is 6.08 Å². The predicted octanol–water partition coefficient (Wildman–Crippen LogP) is 0.954. The molecule has 3 nitrogen and oxygen atoms in total. The molecular weight excluding hydrogens is 212 g/mol. The van der Waals surface area contributed by atoms with Gasteiger partial charge < -0.3 is 5.11 Å². The Morgan fingerprint density at radius 2 is 1.94 bits per heavy atom. The first-order chi connectivity index (χ1) is 8.26. The van der Waals surface area contributed by atoms with Gasteiger partial charge in [0.1, 0.15) is 0 Å². The third-order valence-electron chi connectivity index (χ3n) is 3.21. The molecule has 0 aromatic rings. The molecule has 0 radical (unpaired) electrons. The van der Waals surface area contributed by atoms with Gasteiger partial charge in [0.05, 0.1) is 6.10 Å². The van der Waals surface area contributed by atoms with Crippen LogP contribution < -0.4 is 0 Å². The molecule has 0 amide bonds. The smallest absolute Gasteiger partial charge is 0.0670 e. The Morgan fingerprint density at radius 3 is 2.53 bits per heavy atom. The maximum absolute atomic E-state index is 9.81. The molecule has 1 unspecified atom stereocenters. The Labute approximate surface area is 105 Å². The van der Waals surface area contributed by atoms with Gasteiger partial charge in [-0.15, -0.1) is 18.9 Å². The standard InChI is InChI=1S/C14H24N2O/c1-3-5-7-14(17)13-16-11-9-15(10-12-16)8-6-4-2/h2-3,14,17H,1,5-13H2. The van der Waals surface area contributed by atoms with Crippen LogP contribution in [0.15, 0.2) is 12.7 Å². The third kappa shape index (κ3) is 5.88. The van der Waals surface area contributed by atoms with Crippen molar-refractivity contribution in [2.75, 3.05) is 39.3 Å². The Balaban J connectivity index is 2.14. The van der Waals surface area contributed by atoms with Crippen LogP contribution in [0.4, 0.5) is 0 Å². The van der Waals surface area contributed by atoms with Gasteiger partial charge in [-0.2, -0.15) is 0 Å². The number of rotatable bonds is 7. The summed E-state index contributed by atoms with van der Waals surface area (Å²) in [5.74, 6) is 2.68. The Morgan fingerprint density at radius 1 is 1.29 bits per heavy atom. The van der Waals surface area contributed by atoms with E-state index in [2.05, 4.69) is 22.3 Å². The SMILES string of the molecule is C#CCCN1CCN(CC(O)CCC=C)CC1. The first-order valence-electron chi connectivity index (χ1n) is 6.43. The van der Waals surface area contributed by atoms with Crippen molar-refractivity contribution in [2.45, 2.75) is 25.4 Å². The molecule has 96 valence electrons. The maximum atomic E-state index is 9.81. The third-order valence-corrected chi connectivity index (χ3v) is 3.21. The molecule has 3 heteroatoms. The van der Waals surface area contributed by atoms with E-state index in [1.165, 1.54) is 0 Å². The number of aliphatic hydroxyl groups excluding tert-OH is 1. The van der Waals surface area contributed by atoms with Gasteiger partial charge in [0.2, 0.25) is 0 Å². The fourth-order valence-corrected chi connectivity index (χ4v) is 2.12. The van der Waals surface area contributed by atoms with Crippen LogP contribution in [-0.2, 0) is 0 Å². The van der Waals surface area contributed by atoms with E-state index in [0.717, 1.165) is 58.5 Å². The zero-order valence-electron chi connectivity index (χ0n) is 10.6. The highest BCUT2D eigenvalue weighted by Gasteiger charge is 2.18. The van der Waals surface area contributed by atoms with Gasteiger partial charge >= 0.3 is 0 Å². The van der Waals surface area contributed by atoms with Gasteiger partial charge in [0.15, 0.2) is 0 Å². The van der Waals surface area contributed by atoms with Crippen molar-refractivity contribution in [3.05, 3.63) is 12.7 Å². The second kappa shape index (κ2) is 8.30. The van der Waals surface area contributed by atoms with E-state index in [9.17, 15) is 5.11 Å². The molecule has 0 saturated carbocycles. The molecule has 1 rings (SSSR count). The minimum absolute atomic E-state index is 0.217. The van der Waals surface area contributed by atoms with Crippen molar-refractivity contribution in [3.63, 3.8) is 0 Å². The zero-order valence-corrected chi connectivity index (χ0v) is 10.6. The fourth-order valence-electron chi connectivity index (χ4n) is 2.12. The first kappa shape index (κ1) is 14.2. The summed E-state index contributed by atoms with van der Waals surface area (Å²) in [5.41, 5.74) is 0. The summed E-state index contributed by atoms with van der Waals surface area (Å²) in [5, 5.41) is 9.81. The molecule has 1 heterocycles. The molecule has 0 spiro atoms. The summed E-state index contributed by atoms with van der Waals surface area (Å²) >= 11 is 0. The summed E-state index contributed by atoms with van der Waals surface area (Å²) in [6, 6.07) is 0. The molecule has 1 aliphatic rings. The molecule has 17 heavy (non-hydrogen) atoms. The Hall–Kier alpha value is -0.820. The lowest BCUT2D eigenvalue weighted by molar-refractivity contribution is 0.0699. The number of piperazine rings is 1. The first-order valence-corrected chi connectivity index (χ1v) is 6.43. The predicted molar refractivity (Wildman–Crippen MR) is 71.8 cm³/mol. The van der Waals surface area contributed by atoms with Crippen LogP contribution in [0.5, 0.6) is 0 Å². The van der Waals surface area contributed by atoms with Gasteiger partial charge in [0.25, 0.3) is 0 Å². The van der Waals surface area contributed by atoms with E-state index in [-0.39, 0.29) is 6.10 Å². The van der Waals surface area contributed by atoms with Crippen LogP contribution in [0.3, 0.4) is 0 Å².